The molecule has 0 aliphatic heterocycles. The van der Waals surface area contributed by atoms with Crippen LogP contribution >= 0.6 is 11.6 Å². The zero-order valence-corrected chi connectivity index (χ0v) is 19.7. The summed E-state index contributed by atoms with van der Waals surface area (Å²) in [5.74, 6) is -0.528. The molecule has 7 nitrogen and oxygen atoms in total. The highest BCUT2D eigenvalue weighted by Crippen LogP contribution is 2.21. The number of nitrogens with one attached hydrogen (secondary N) is 2. The third-order valence-corrected chi connectivity index (χ3v) is 5.80. The summed E-state index contributed by atoms with van der Waals surface area (Å²) in [4.78, 5) is 42.4. The molecule has 0 bridgehead atoms. The molecule has 0 aliphatic rings. The van der Waals surface area contributed by atoms with Gasteiger partial charge in [-0.3, -0.25) is 14.4 Å². The van der Waals surface area contributed by atoms with E-state index in [4.69, 9.17) is 11.6 Å². The van der Waals surface area contributed by atoms with Crippen LogP contribution in [0, 0.1) is 0 Å². The molecule has 0 unspecified atom stereocenters. The molecule has 1 atom stereocenters. The zero-order chi connectivity index (χ0) is 24.8. The van der Waals surface area contributed by atoms with Crippen LogP contribution in [0.3, 0.4) is 0 Å². The van der Waals surface area contributed by atoms with Gasteiger partial charge in [0.05, 0.1) is 23.0 Å². The van der Waals surface area contributed by atoms with Gasteiger partial charge in [0, 0.05) is 30.7 Å². The normalized spacial score (nSPS) is 11.5. The van der Waals surface area contributed by atoms with Crippen molar-refractivity contribution < 1.29 is 14.4 Å². The first-order chi connectivity index (χ1) is 16.9. The molecule has 1 aromatic heterocycles. The van der Waals surface area contributed by atoms with Crippen LogP contribution in [0.1, 0.15) is 44.6 Å². The quantitative estimate of drug-likeness (QED) is 0.350. The molecule has 0 radical (unpaired) electrons. The first kappa shape index (κ1) is 23.9. The summed E-state index contributed by atoms with van der Waals surface area (Å²) in [7, 11) is 1.75. The maximum atomic E-state index is 12.9. The monoisotopic (exact) mass is 486 g/mol. The van der Waals surface area contributed by atoms with Gasteiger partial charge in [-0.2, -0.15) is 0 Å². The van der Waals surface area contributed by atoms with Gasteiger partial charge >= 0.3 is 0 Å². The zero-order valence-electron chi connectivity index (χ0n) is 18.9. The number of ketones is 1. The number of carbonyl (C=O) groups excluding carboxylic acids is 3. The van der Waals surface area contributed by atoms with Crippen LogP contribution in [0.25, 0.3) is 0 Å². The summed E-state index contributed by atoms with van der Waals surface area (Å²) in [5.41, 5.74) is 2.13. The predicted octanol–water partition coefficient (Wildman–Crippen LogP) is 4.80. The van der Waals surface area contributed by atoms with Crippen molar-refractivity contribution in [1.82, 2.24) is 14.9 Å². The average molecular weight is 487 g/mol. The fraction of sp³-hybridized carbons (Fsp3) is 0.111. The van der Waals surface area contributed by atoms with E-state index in [1.807, 2.05) is 30.3 Å². The van der Waals surface area contributed by atoms with E-state index >= 15 is 0 Å². The molecule has 0 aliphatic carbocycles. The lowest BCUT2D eigenvalue weighted by Gasteiger charge is -2.19. The van der Waals surface area contributed by atoms with E-state index in [1.54, 1.807) is 72.5 Å². The molecule has 0 saturated carbocycles. The maximum Gasteiger partial charge on any atom is 0.253 e. The minimum atomic E-state index is -0.566. The lowest BCUT2D eigenvalue weighted by molar-refractivity contribution is -0.116. The summed E-state index contributed by atoms with van der Waals surface area (Å²) in [6, 6.07) is 22.0. The molecule has 35 heavy (non-hydrogen) atoms. The van der Waals surface area contributed by atoms with Gasteiger partial charge in [-0.1, -0.05) is 54.1 Å². The Morgan fingerprint density at radius 2 is 1.63 bits per heavy atom. The summed E-state index contributed by atoms with van der Waals surface area (Å²) in [6.07, 6.45) is 3.28. The summed E-state index contributed by atoms with van der Waals surface area (Å²) >= 11 is 6.17. The lowest BCUT2D eigenvalue weighted by atomic mass is 10.0. The first-order valence-electron chi connectivity index (χ1n) is 10.9. The Morgan fingerprint density at radius 3 is 2.29 bits per heavy atom. The van der Waals surface area contributed by atoms with Crippen molar-refractivity contribution in [3.63, 3.8) is 0 Å². The molecule has 1 heterocycles. The minimum absolute atomic E-state index is 0.00809. The molecule has 0 fully saturated rings. The Hall–Kier alpha value is -4.23. The number of aromatic nitrogens is 2. The van der Waals surface area contributed by atoms with Crippen LogP contribution in [0.5, 0.6) is 0 Å². The minimum Gasteiger partial charge on any atom is -0.345 e. The van der Waals surface area contributed by atoms with E-state index < -0.39 is 6.04 Å². The number of hydrogen-bond acceptors (Lipinski definition) is 4. The van der Waals surface area contributed by atoms with Gasteiger partial charge in [-0.15, -0.1) is 0 Å². The average Bonchev–Trinajstić information content (AvgIpc) is 3.30. The van der Waals surface area contributed by atoms with Crippen molar-refractivity contribution in [3.05, 3.63) is 119 Å². The van der Waals surface area contributed by atoms with Crippen molar-refractivity contribution in [2.45, 2.75) is 12.5 Å². The van der Waals surface area contributed by atoms with Crippen molar-refractivity contribution >= 4 is 34.9 Å². The standard InChI is InChI=1S/C27H23ClN4O3/c1-32-16-15-29-26(32)25(34)19-11-13-20(14-12-19)30-24(33)17-23(18-7-3-2-4-8-18)31-27(35)21-9-5-6-10-22(21)28/h2-16,23H,17H2,1H3,(H,30,33)(H,31,35)/t23-/m1/s1. The summed E-state index contributed by atoms with van der Waals surface area (Å²) in [5, 5.41) is 6.08. The van der Waals surface area contributed by atoms with Gasteiger partial charge in [0.2, 0.25) is 11.7 Å². The second-order valence-electron chi connectivity index (χ2n) is 7.94. The van der Waals surface area contributed by atoms with Gasteiger partial charge in [-0.25, -0.2) is 4.98 Å². The summed E-state index contributed by atoms with van der Waals surface area (Å²) in [6.45, 7) is 0. The number of halogens is 1. The number of nitrogens with zero attached hydrogens (tertiary/aromatic N) is 2. The van der Waals surface area contributed by atoms with Crippen LogP contribution < -0.4 is 10.6 Å². The molecule has 0 saturated heterocycles. The van der Waals surface area contributed by atoms with Crippen molar-refractivity contribution in [2.75, 3.05) is 5.32 Å². The Labute approximate surface area is 207 Å². The maximum absolute atomic E-state index is 12.9. The van der Waals surface area contributed by atoms with Crippen molar-refractivity contribution in [1.29, 1.82) is 0 Å². The fourth-order valence-electron chi connectivity index (χ4n) is 3.63. The largest absolute Gasteiger partial charge is 0.345 e. The molecular weight excluding hydrogens is 464 g/mol. The van der Waals surface area contributed by atoms with Crippen LogP contribution in [-0.4, -0.2) is 27.1 Å². The molecule has 8 heteroatoms. The second kappa shape index (κ2) is 10.8. The highest BCUT2D eigenvalue weighted by molar-refractivity contribution is 6.33. The smallest absolute Gasteiger partial charge is 0.253 e. The van der Waals surface area contributed by atoms with Gasteiger partial charge in [0.25, 0.3) is 5.91 Å². The fourth-order valence-corrected chi connectivity index (χ4v) is 3.86. The van der Waals surface area contributed by atoms with E-state index in [9.17, 15) is 14.4 Å². The lowest BCUT2D eigenvalue weighted by Crippen LogP contribution is -2.31. The third-order valence-electron chi connectivity index (χ3n) is 5.47. The van der Waals surface area contributed by atoms with Crippen LogP contribution in [-0.2, 0) is 11.8 Å². The molecule has 4 rings (SSSR count). The van der Waals surface area contributed by atoms with Gasteiger partial charge < -0.3 is 15.2 Å². The number of carbonyl (C=O) groups is 3. The third kappa shape index (κ3) is 5.83. The Kier molecular flexibility index (Phi) is 7.38. The molecule has 2 N–H and O–H groups in total. The van der Waals surface area contributed by atoms with E-state index in [2.05, 4.69) is 15.6 Å². The topological polar surface area (TPSA) is 93.1 Å². The number of amides is 2. The van der Waals surface area contributed by atoms with E-state index in [0.717, 1.165) is 5.56 Å². The molecule has 2 amide bonds. The number of imidazole rings is 1. The highest BCUT2D eigenvalue weighted by atomic mass is 35.5. The molecule has 3 aromatic carbocycles. The van der Waals surface area contributed by atoms with Crippen molar-refractivity contribution in [2.24, 2.45) is 7.05 Å². The second-order valence-corrected chi connectivity index (χ2v) is 8.34. The van der Waals surface area contributed by atoms with Gasteiger partial charge in [-0.05, 0) is 42.0 Å². The van der Waals surface area contributed by atoms with Crippen LogP contribution in [0.2, 0.25) is 5.02 Å². The molecule has 0 spiro atoms. The highest BCUT2D eigenvalue weighted by Gasteiger charge is 2.21. The van der Waals surface area contributed by atoms with Crippen LogP contribution in [0.4, 0.5) is 5.69 Å². The number of anilines is 1. The summed E-state index contributed by atoms with van der Waals surface area (Å²) < 4.78 is 1.65. The number of benzene rings is 3. The van der Waals surface area contributed by atoms with Gasteiger partial charge in [0.1, 0.15) is 0 Å². The number of hydrogen-bond donors (Lipinski definition) is 2. The van der Waals surface area contributed by atoms with Crippen molar-refractivity contribution in [3.8, 4) is 0 Å². The molecule has 176 valence electrons. The van der Waals surface area contributed by atoms with E-state index in [-0.39, 0.29) is 24.0 Å². The first-order valence-corrected chi connectivity index (χ1v) is 11.3. The Balaban J connectivity index is 1.45. The van der Waals surface area contributed by atoms with E-state index in [1.165, 1.54) is 0 Å². The molecule has 4 aromatic rings. The number of aryl methyl sites for hydroxylation is 1. The van der Waals surface area contributed by atoms with Crippen LogP contribution in [0.15, 0.2) is 91.3 Å². The van der Waals surface area contributed by atoms with Gasteiger partial charge in [0.15, 0.2) is 5.82 Å². The predicted molar refractivity (Wildman–Crippen MR) is 134 cm³/mol. The SMILES string of the molecule is Cn1ccnc1C(=O)c1ccc(NC(=O)C[C@@H](NC(=O)c2ccccc2Cl)c2ccccc2)cc1. The Bertz CT molecular complexity index is 1350. The number of rotatable bonds is 8. The molecular formula is C27H23ClN4O3. The van der Waals surface area contributed by atoms with E-state index in [0.29, 0.717) is 27.7 Å². The Morgan fingerprint density at radius 1 is 0.943 bits per heavy atom.